The SMILES string of the molecule is CC(CO)(CNCc1cnc(N2CCOCC2)nc1)c1ccccc1. The van der Waals surface area contributed by atoms with E-state index in [1.54, 1.807) is 0 Å². The lowest BCUT2D eigenvalue weighted by Crippen LogP contribution is -2.38. The molecule has 134 valence electrons. The van der Waals surface area contributed by atoms with Gasteiger partial charge in [0.25, 0.3) is 0 Å². The molecule has 1 fully saturated rings. The summed E-state index contributed by atoms with van der Waals surface area (Å²) in [5.41, 5.74) is 1.85. The number of ether oxygens (including phenoxy) is 1. The van der Waals surface area contributed by atoms with Gasteiger partial charge in [-0.3, -0.25) is 0 Å². The summed E-state index contributed by atoms with van der Waals surface area (Å²) in [6.45, 7) is 6.64. The average Bonchev–Trinajstić information content (AvgIpc) is 2.70. The van der Waals surface area contributed by atoms with Gasteiger partial charge < -0.3 is 20.1 Å². The zero-order chi connectivity index (χ0) is 17.5. The minimum Gasteiger partial charge on any atom is -0.395 e. The Bertz CT molecular complexity index is 644. The van der Waals surface area contributed by atoms with Gasteiger partial charge in [-0.1, -0.05) is 37.3 Å². The molecule has 0 amide bonds. The zero-order valence-electron chi connectivity index (χ0n) is 14.7. The molecule has 1 aromatic heterocycles. The van der Waals surface area contributed by atoms with E-state index in [1.165, 1.54) is 0 Å². The van der Waals surface area contributed by atoms with E-state index in [4.69, 9.17) is 4.74 Å². The number of rotatable bonds is 7. The first-order valence-electron chi connectivity index (χ1n) is 8.72. The van der Waals surface area contributed by atoms with Crippen LogP contribution in [0.15, 0.2) is 42.7 Å². The van der Waals surface area contributed by atoms with E-state index in [-0.39, 0.29) is 12.0 Å². The Morgan fingerprint density at radius 1 is 1.16 bits per heavy atom. The highest BCUT2D eigenvalue weighted by Gasteiger charge is 2.25. The number of anilines is 1. The number of aliphatic hydroxyl groups excluding tert-OH is 1. The quantitative estimate of drug-likeness (QED) is 0.792. The first-order valence-corrected chi connectivity index (χ1v) is 8.72. The van der Waals surface area contributed by atoms with Crippen molar-refractivity contribution >= 4 is 5.95 Å². The van der Waals surface area contributed by atoms with Crippen molar-refractivity contribution < 1.29 is 9.84 Å². The van der Waals surface area contributed by atoms with Crippen molar-refractivity contribution in [3.8, 4) is 0 Å². The Balaban J connectivity index is 1.54. The van der Waals surface area contributed by atoms with Gasteiger partial charge in [-0.25, -0.2) is 9.97 Å². The van der Waals surface area contributed by atoms with Crippen LogP contribution in [0.2, 0.25) is 0 Å². The fourth-order valence-corrected chi connectivity index (χ4v) is 2.94. The topological polar surface area (TPSA) is 70.5 Å². The van der Waals surface area contributed by atoms with Crippen molar-refractivity contribution in [1.82, 2.24) is 15.3 Å². The second kappa shape index (κ2) is 8.38. The highest BCUT2D eigenvalue weighted by Crippen LogP contribution is 2.22. The number of hydrogen-bond acceptors (Lipinski definition) is 6. The van der Waals surface area contributed by atoms with Crippen LogP contribution in [0.25, 0.3) is 0 Å². The Labute approximate surface area is 148 Å². The van der Waals surface area contributed by atoms with Gasteiger partial charge in [-0.05, 0) is 5.56 Å². The lowest BCUT2D eigenvalue weighted by atomic mass is 9.83. The van der Waals surface area contributed by atoms with Crippen LogP contribution in [0.1, 0.15) is 18.1 Å². The van der Waals surface area contributed by atoms with Gasteiger partial charge in [-0.2, -0.15) is 0 Å². The van der Waals surface area contributed by atoms with Crippen LogP contribution >= 0.6 is 0 Å². The first-order chi connectivity index (χ1) is 12.2. The van der Waals surface area contributed by atoms with E-state index >= 15 is 0 Å². The number of nitrogens with zero attached hydrogens (tertiary/aromatic N) is 3. The third-order valence-corrected chi connectivity index (χ3v) is 4.65. The van der Waals surface area contributed by atoms with Gasteiger partial charge in [0.2, 0.25) is 5.95 Å². The minimum atomic E-state index is -0.310. The summed E-state index contributed by atoms with van der Waals surface area (Å²) < 4.78 is 5.35. The second-order valence-electron chi connectivity index (χ2n) is 6.68. The molecule has 2 heterocycles. The number of aliphatic hydroxyl groups is 1. The molecular formula is C19H26N4O2. The first kappa shape index (κ1) is 17.8. The molecule has 1 aliphatic heterocycles. The number of nitrogens with one attached hydrogen (secondary N) is 1. The van der Waals surface area contributed by atoms with Crippen molar-refractivity contribution in [1.29, 1.82) is 0 Å². The van der Waals surface area contributed by atoms with Crippen molar-refractivity contribution in [2.75, 3.05) is 44.4 Å². The molecule has 1 aromatic carbocycles. The van der Waals surface area contributed by atoms with Crippen LogP contribution < -0.4 is 10.2 Å². The Morgan fingerprint density at radius 2 is 1.84 bits per heavy atom. The van der Waals surface area contributed by atoms with E-state index in [0.717, 1.165) is 43.4 Å². The van der Waals surface area contributed by atoms with Crippen LogP contribution in [0.4, 0.5) is 5.95 Å². The summed E-state index contributed by atoms with van der Waals surface area (Å²) in [6.07, 6.45) is 3.73. The van der Waals surface area contributed by atoms with Crippen molar-refractivity contribution in [2.45, 2.75) is 18.9 Å². The van der Waals surface area contributed by atoms with Gasteiger partial charge in [0.05, 0.1) is 19.8 Å². The Kier molecular flexibility index (Phi) is 5.96. The molecule has 1 atom stereocenters. The summed E-state index contributed by atoms with van der Waals surface area (Å²) in [6, 6.07) is 10.1. The van der Waals surface area contributed by atoms with Crippen molar-refractivity contribution in [2.24, 2.45) is 0 Å². The minimum absolute atomic E-state index is 0.0937. The molecule has 2 aromatic rings. The van der Waals surface area contributed by atoms with Gasteiger partial charge in [0.15, 0.2) is 0 Å². The van der Waals surface area contributed by atoms with Crippen molar-refractivity contribution in [3.05, 3.63) is 53.9 Å². The summed E-state index contributed by atoms with van der Waals surface area (Å²) >= 11 is 0. The van der Waals surface area contributed by atoms with E-state index < -0.39 is 0 Å². The second-order valence-corrected chi connectivity index (χ2v) is 6.68. The van der Waals surface area contributed by atoms with Gasteiger partial charge >= 0.3 is 0 Å². The molecule has 1 saturated heterocycles. The number of benzene rings is 1. The lowest BCUT2D eigenvalue weighted by Gasteiger charge is -2.28. The molecule has 0 saturated carbocycles. The Hall–Kier alpha value is -2.02. The molecule has 0 bridgehead atoms. The molecular weight excluding hydrogens is 316 g/mol. The summed E-state index contributed by atoms with van der Waals surface area (Å²) in [5, 5.41) is 13.3. The average molecular weight is 342 g/mol. The van der Waals surface area contributed by atoms with Crippen LogP contribution in [0.3, 0.4) is 0 Å². The van der Waals surface area contributed by atoms with Gasteiger partial charge in [-0.15, -0.1) is 0 Å². The van der Waals surface area contributed by atoms with Crippen LogP contribution in [-0.4, -0.2) is 54.5 Å². The highest BCUT2D eigenvalue weighted by atomic mass is 16.5. The third-order valence-electron chi connectivity index (χ3n) is 4.65. The number of aromatic nitrogens is 2. The Morgan fingerprint density at radius 3 is 2.48 bits per heavy atom. The van der Waals surface area contributed by atoms with E-state index in [9.17, 15) is 5.11 Å². The van der Waals surface area contributed by atoms with E-state index in [1.807, 2.05) is 30.6 Å². The van der Waals surface area contributed by atoms with Gasteiger partial charge in [0.1, 0.15) is 0 Å². The molecule has 0 spiro atoms. The van der Waals surface area contributed by atoms with Crippen LogP contribution in [-0.2, 0) is 16.7 Å². The fourth-order valence-electron chi connectivity index (χ4n) is 2.94. The predicted molar refractivity (Wildman–Crippen MR) is 97.7 cm³/mol. The highest BCUT2D eigenvalue weighted by molar-refractivity contribution is 5.30. The maximum absolute atomic E-state index is 9.84. The third kappa shape index (κ3) is 4.54. The smallest absolute Gasteiger partial charge is 0.225 e. The maximum atomic E-state index is 9.84. The number of morpholine rings is 1. The molecule has 6 nitrogen and oxygen atoms in total. The van der Waals surface area contributed by atoms with E-state index in [0.29, 0.717) is 13.1 Å². The van der Waals surface area contributed by atoms with Gasteiger partial charge in [0, 0.05) is 49.6 Å². The van der Waals surface area contributed by atoms with Crippen molar-refractivity contribution in [3.63, 3.8) is 0 Å². The molecule has 3 rings (SSSR count). The lowest BCUT2D eigenvalue weighted by molar-refractivity contribution is 0.122. The summed E-state index contributed by atoms with van der Waals surface area (Å²) in [5.74, 6) is 0.761. The normalized spacial score (nSPS) is 17.3. The molecule has 1 unspecified atom stereocenters. The maximum Gasteiger partial charge on any atom is 0.225 e. The van der Waals surface area contributed by atoms with E-state index in [2.05, 4.69) is 39.2 Å². The predicted octanol–water partition coefficient (Wildman–Crippen LogP) is 1.35. The standard InChI is InChI=1S/C19H26N4O2/c1-19(15-24,17-5-3-2-4-6-17)14-20-11-16-12-21-18(22-13-16)23-7-9-25-10-8-23/h2-6,12-13,20,24H,7-11,14-15H2,1H3. The van der Waals surface area contributed by atoms with Crippen LogP contribution in [0, 0.1) is 0 Å². The summed E-state index contributed by atoms with van der Waals surface area (Å²) in [7, 11) is 0. The zero-order valence-corrected chi connectivity index (χ0v) is 14.7. The molecule has 2 N–H and O–H groups in total. The number of hydrogen-bond donors (Lipinski definition) is 2. The summed E-state index contributed by atoms with van der Waals surface area (Å²) in [4.78, 5) is 11.1. The molecule has 0 aliphatic carbocycles. The fraction of sp³-hybridized carbons (Fsp3) is 0.474. The monoisotopic (exact) mass is 342 g/mol. The molecule has 6 heteroatoms. The largest absolute Gasteiger partial charge is 0.395 e. The molecule has 1 aliphatic rings. The van der Waals surface area contributed by atoms with Crippen LogP contribution in [0.5, 0.6) is 0 Å². The molecule has 25 heavy (non-hydrogen) atoms. The molecule has 0 radical (unpaired) electrons.